The summed E-state index contributed by atoms with van der Waals surface area (Å²) in [5.74, 6) is -1.39. The summed E-state index contributed by atoms with van der Waals surface area (Å²) in [4.78, 5) is 24.3. The summed E-state index contributed by atoms with van der Waals surface area (Å²) in [5, 5.41) is 27.0. The molecule has 7 nitrogen and oxygen atoms in total. The van der Waals surface area contributed by atoms with Gasteiger partial charge in [-0.1, -0.05) is 24.3 Å². The van der Waals surface area contributed by atoms with Crippen LogP contribution >= 0.6 is 0 Å². The van der Waals surface area contributed by atoms with Gasteiger partial charge in [0.05, 0.1) is 23.7 Å². The first-order valence-electron chi connectivity index (χ1n) is 7.32. The molecule has 0 saturated carbocycles. The third-order valence-corrected chi connectivity index (χ3v) is 3.63. The molecule has 0 fully saturated rings. The Labute approximate surface area is 136 Å². The molecule has 0 aliphatic heterocycles. The zero-order valence-corrected chi connectivity index (χ0v) is 12.6. The lowest BCUT2D eigenvalue weighted by Gasteiger charge is -2.09. The van der Waals surface area contributed by atoms with E-state index >= 15 is 0 Å². The molecule has 0 radical (unpaired) electrons. The lowest BCUT2D eigenvalue weighted by molar-refractivity contribution is 0.0948. The molecule has 2 aromatic carbocycles. The smallest absolute Gasteiger partial charge is 0.274 e. The number of para-hydroxylation sites is 1. The maximum absolute atomic E-state index is 12.3. The van der Waals surface area contributed by atoms with Gasteiger partial charge < -0.3 is 15.5 Å². The molecular weight excluding hydrogens is 310 g/mol. The Hall–Kier alpha value is -3.35. The topological polar surface area (TPSA) is 104 Å². The summed E-state index contributed by atoms with van der Waals surface area (Å²) in [6.07, 6.45) is 1.60. The summed E-state index contributed by atoms with van der Waals surface area (Å²) < 4.78 is 1.27. The number of amides is 1. The van der Waals surface area contributed by atoms with Crippen LogP contribution in [0.3, 0.4) is 0 Å². The van der Waals surface area contributed by atoms with E-state index in [0.29, 0.717) is 5.39 Å². The molecule has 0 aliphatic carbocycles. The molecule has 0 saturated heterocycles. The summed E-state index contributed by atoms with van der Waals surface area (Å²) in [6, 6.07) is 11.3. The van der Waals surface area contributed by atoms with Crippen LogP contribution in [-0.4, -0.2) is 32.4 Å². The number of carbonyl (C=O) groups excluding carboxylic acids is 1. The number of aromatic nitrogens is 2. The number of fused-ring (bicyclic) bond motifs is 1. The Balaban J connectivity index is 1.71. The number of hydrogen-bond donors (Lipinski definition) is 3. The number of rotatable bonds is 4. The quantitative estimate of drug-likeness (QED) is 0.626. The van der Waals surface area contributed by atoms with Crippen molar-refractivity contribution in [3.63, 3.8) is 0 Å². The third kappa shape index (κ3) is 2.91. The van der Waals surface area contributed by atoms with Crippen molar-refractivity contribution in [3.8, 4) is 11.5 Å². The third-order valence-electron chi connectivity index (χ3n) is 3.63. The number of phenols is 2. The van der Waals surface area contributed by atoms with Crippen LogP contribution in [0.1, 0.15) is 10.4 Å². The van der Waals surface area contributed by atoms with E-state index in [1.54, 1.807) is 24.4 Å². The van der Waals surface area contributed by atoms with Crippen LogP contribution in [0.15, 0.2) is 53.5 Å². The fourth-order valence-corrected chi connectivity index (χ4v) is 2.37. The Morgan fingerprint density at radius 3 is 2.75 bits per heavy atom. The van der Waals surface area contributed by atoms with Gasteiger partial charge in [-0.2, -0.15) is 5.10 Å². The van der Waals surface area contributed by atoms with E-state index in [-0.39, 0.29) is 30.0 Å². The van der Waals surface area contributed by atoms with Gasteiger partial charge in [-0.05, 0) is 18.2 Å². The molecule has 7 heteroatoms. The molecule has 3 N–H and O–H groups in total. The number of aromatic hydroxyl groups is 2. The van der Waals surface area contributed by atoms with Crippen LogP contribution < -0.4 is 10.9 Å². The van der Waals surface area contributed by atoms with Crippen molar-refractivity contribution in [2.75, 3.05) is 6.54 Å². The van der Waals surface area contributed by atoms with Gasteiger partial charge in [0.15, 0.2) is 11.5 Å². The normalized spacial score (nSPS) is 10.7. The van der Waals surface area contributed by atoms with Gasteiger partial charge in [0, 0.05) is 11.9 Å². The molecule has 0 spiro atoms. The zero-order valence-electron chi connectivity index (χ0n) is 12.6. The maximum Gasteiger partial charge on any atom is 0.274 e. The van der Waals surface area contributed by atoms with Crippen molar-refractivity contribution < 1.29 is 15.0 Å². The van der Waals surface area contributed by atoms with Crippen molar-refractivity contribution in [2.45, 2.75) is 6.54 Å². The Morgan fingerprint density at radius 1 is 1.12 bits per heavy atom. The molecular formula is C17H15N3O4. The van der Waals surface area contributed by atoms with Crippen molar-refractivity contribution in [2.24, 2.45) is 0 Å². The van der Waals surface area contributed by atoms with Gasteiger partial charge in [-0.25, -0.2) is 4.68 Å². The minimum Gasteiger partial charge on any atom is -0.504 e. The van der Waals surface area contributed by atoms with E-state index in [1.807, 2.05) is 6.07 Å². The van der Waals surface area contributed by atoms with Crippen molar-refractivity contribution >= 4 is 16.7 Å². The number of benzene rings is 2. The van der Waals surface area contributed by atoms with Gasteiger partial charge in [0.2, 0.25) is 0 Å². The van der Waals surface area contributed by atoms with E-state index < -0.39 is 11.7 Å². The van der Waals surface area contributed by atoms with E-state index in [4.69, 9.17) is 0 Å². The summed E-state index contributed by atoms with van der Waals surface area (Å²) >= 11 is 0. The lowest BCUT2D eigenvalue weighted by Crippen LogP contribution is -2.32. The average molecular weight is 325 g/mol. The monoisotopic (exact) mass is 325 g/mol. The number of carbonyl (C=O) groups is 1. The Kier molecular flexibility index (Phi) is 4.15. The predicted molar refractivity (Wildman–Crippen MR) is 88.1 cm³/mol. The molecule has 0 aliphatic rings. The van der Waals surface area contributed by atoms with E-state index in [9.17, 15) is 19.8 Å². The Bertz CT molecular complexity index is 965. The second kappa shape index (κ2) is 6.41. The van der Waals surface area contributed by atoms with Crippen LogP contribution in [0.2, 0.25) is 0 Å². The fourth-order valence-electron chi connectivity index (χ4n) is 2.37. The predicted octanol–water partition coefficient (Wildman–Crippen LogP) is 1.24. The molecule has 1 heterocycles. The second-order valence-electron chi connectivity index (χ2n) is 5.19. The highest BCUT2D eigenvalue weighted by molar-refractivity contribution is 5.97. The van der Waals surface area contributed by atoms with Gasteiger partial charge in [-0.3, -0.25) is 9.59 Å². The number of nitrogens with zero attached hydrogens (tertiary/aromatic N) is 2. The molecule has 0 atom stereocenters. The molecule has 3 rings (SSSR count). The van der Waals surface area contributed by atoms with Gasteiger partial charge in [0.1, 0.15) is 0 Å². The molecule has 1 amide bonds. The first-order valence-corrected chi connectivity index (χ1v) is 7.32. The standard InChI is InChI=1S/C17H15N3O4/c21-14-7-3-6-13(15(14)22)16(23)18-8-9-20-17(24)12-5-2-1-4-11(12)10-19-20/h1-7,10,21-22H,8-9H2,(H,18,23). The van der Waals surface area contributed by atoms with Crippen LogP contribution in [0.25, 0.3) is 10.8 Å². The number of nitrogens with one attached hydrogen (secondary N) is 1. The highest BCUT2D eigenvalue weighted by atomic mass is 16.3. The minimum atomic E-state index is -0.544. The SMILES string of the molecule is O=C(NCCn1ncc2ccccc2c1=O)c1cccc(O)c1O. The molecule has 24 heavy (non-hydrogen) atoms. The van der Waals surface area contributed by atoms with E-state index in [0.717, 1.165) is 5.39 Å². The average Bonchev–Trinajstić information content (AvgIpc) is 2.59. The van der Waals surface area contributed by atoms with Gasteiger partial charge >= 0.3 is 0 Å². The lowest BCUT2D eigenvalue weighted by atomic mass is 10.1. The van der Waals surface area contributed by atoms with Crippen LogP contribution in [0.4, 0.5) is 0 Å². The molecule has 122 valence electrons. The van der Waals surface area contributed by atoms with Crippen molar-refractivity contribution in [1.29, 1.82) is 0 Å². The van der Waals surface area contributed by atoms with Crippen LogP contribution in [0.5, 0.6) is 11.5 Å². The molecule has 1 aromatic heterocycles. The molecule has 3 aromatic rings. The fraction of sp³-hybridized carbons (Fsp3) is 0.118. The second-order valence-corrected chi connectivity index (χ2v) is 5.19. The highest BCUT2D eigenvalue weighted by Gasteiger charge is 2.13. The van der Waals surface area contributed by atoms with Crippen molar-refractivity contribution in [1.82, 2.24) is 15.1 Å². The van der Waals surface area contributed by atoms with Gasteiger partial charge in [-0.15, -0.1) is 0 Å². The highest BCUT2D eigenvalue weighted by Crippen LogP contribution is 2.27. The van der Waals surface area contributed by atoms with E-state index in [2.05, 4.69) is 10.4 Å². The zero-order chi connectivity index (χ0) is 17.1. The van der Waals surface area contributed by atoms with Crippen LogP contribution in [0, 0.1) is 0 Å². The number of phenolic OH excluding ortho intramolecular Hbond substituents is 2. The Morgan fingerprint density at radius 2 is 1.92 bits per heavy atom. The van der Waals surface area contributed by atoms with Gasteiger partial charge in [0.25, 0.3) is 11.5 Å². The van der Waals surface area contributed by atoms with E-state index in [1.165, 1.54) is 22.9 Å². The number of hydrogen-bond acceptors (Lipinski definition) is 5. The summed E-state index contributed by atoms with van der Waals surface area (Å²) in [7, 11) is 0. The first-order chi connectivity index (χ1) is 11.6. The summed E-state index contributed by atoms with van der Waals surface area (Å²) in [6.45, 7) is 0.341. The molecule has 0 unspecified atom stereocenters. The largest absolute Gasteiger partial charge is 0.504 e. The van der Waals surface area contributed by atoms with Crippen LogP contribution in [-0.2, 0) is 6.54 Å². The summed E-state index contributed by atoms with van der Waals surface area (Å²) in [5.41, 5.74) is -0.267. The van der Waals surface area contributed by atoms with Crippen molar-refractivity contribution in [3.05, 3.63) is 64.6 Å². The maximum atomic E-state index is 12.3. The molecule has 0 bridgehead atoms. The first kappa shape index (κ1) is 15.5. The minimum absolute atomic E-state index is 0.0335.